The quantitative estimate of drug-likeness (QED) is 0.284. The van der Waals surface area contributed by atoms with E-state index >= 15 is 0 Å². The van der Waals surface area contributed by atoms with E-state index in [2.05, 4.69) is 6.58 Å². The van der Waals surface area contributed by atoms with E-state index in [0.29, 0.717) is 34.6 Å². The predicted octanol–water partition coefficient (Wildman–Crippen LogP) is 5.36. The van der Waals surface area contributed by atoms with Gasteiger partial charge in [0, 0.05) is 22.8 Å². The highest BCUT2D eigenvalue weighted by Gasteiger charge is 2.47. The molecule has 0 radical (unpaired) electrons. The molecule has 0 saturated carbocycles. The van der Waals surface area contributed by atoms with Crippen molar-refractivity contribution in [2.45, 2.75) is 69.7 Å². The molecule has 218 valence electrons. The maximum absolute atomic E-state index is 13.3. The number of rotatable bonds is 7. The van der Waals surface area contributed by atoms with Gasteiger partial charge in [0.15, 0.2) is 5.60 Å². The zero-order valence-electron chi connectivity index (χ0n) is 24.0. The van der Waals surface area contributed by atoms with Gasteiger partial charge in [0.1, 0.15) is 52.8 Å². The highest BCUT2D eigenvalue weighted by Crippen LogP contribution is 2.51. The Morgan fingerprint density at radius 2 is 1.80 bits per heavy atom. The molecular weight excluding hydrogens is 544 g/mol. The first kappa shape index (κ1) is 29.0. The summed E-state index contributed by atoms with van der Waals surface area (Å²) in [6.07, 6.45) is 1.66. The van der Waals surface area contributed by atoms with Crippen molar-refractivity contribution in [2.75, 3.05) is 13.2 Å². The van der Waals surface area contributed by atoms with Crippen LogP contribution in [-0.4, -0.2) is 37.4 Å². The number of aryl methyl sites for hydroxylation is 3. The zero-order chi connectivity index (χ0) is 29.7. The van der Waals surface area contributed by atoms with Crippen molar-refractivity contribution in [1.82, 2.24) is 0 Å². The monoisotopic (exact) mass is 580 g/mol. The minimum Gasteiger partial charge on any atom is -0.489 e. The van der Waals surface area contributed by atoms with Crippen LogP contribution >= 0.6 is 0 Å². The smallest absolute Gasteiger partial charge is 0.339 e. The van der Waals surface area contributed by atoms with E-state index in [1.807, 2.05) is 20.8 Å². The molecule has 0 amide bonds. The number of fused-ring (bicyclic) bond motifs is 3. The third kappa shape index (κ3) is 5.29. The molecule has 3 aromatic rings. The van der Waals surface area contributed by atoms with Crippen LogP contribution in [0.5, 0.6) is 23.0 Å². The Morgan fingerprint density at radius 1 is 1.10 bits per heavy atom. The summed E-state index contributed by atoms with van der Waals surface area (Å²) in [6.45, 7) is 12.9. The van der Waals surface area contributed by atoms with Gasteiger partial charge in [-0.3, -0.25) is 0 Å². The average molecular weight is 581 g/mol. The molecule has 0 bridgehead atoms. The van der Waals surface area contributed by atoms with E-state index in [1.54, 1.807) is 38.1 Å². The van der Waals surface area contributed by atoms with Gasteiger partial charge in [0.25, 0.3) is 0 Å². The van der Waals surface area contributed by atoms with Crippen molar-refractivity contribution >= 4 is 10.1 Å². The van der Waals surface area contributed by atoms with Crippen molar-refractivity contribution in [2.24, 2.45) is 0 Å². The Hall–Kier alpha value is -3.53. The van der Waals surface area contributed by atoms with Crippen molar-refractivity contribution in [3.8, 4) is 23.0 Å². The summed E-state index contributed by atoms with van der Waals surface area (Å²) in [5, 5.41) is 23.4. The summed E-state index contributed by atoms with van der Waals surface area (Å²) in [6, 6.07) is 11.4. The summed E-state index contributed by atoms with van der Waals surface area (Å²) in [4.78, 5) is 0.0998. The first-order valence-corrected chi connectivity index (χ1v) is 15.0. The van der Waals surface area contributed by atoms with Crippen LogP contribution in [0, 0.1) is 20.8 Å². The largest absolute Gasteiger partial charge is 0.489 e. The average Bonchev–Trinajstić information content (AvgIpc) is 2.87. The van der Waals surface area contributed by atoms with Crippen molar-refractivity contribution in [1.29, 1.82) is 0 Å². The number of hydrogen-bond donors (Lipinski definition) is 2. The number of benzene rings is 3. The minimum atomic E-state index is -4.17. The highest BCUT2D eigenvalue weighted by atomic mass is 32.2. The topological polar surface area (TPSA) is 112 Å². The Bertz CT molecular complexity index is 1600. The summed E-state index contributed by atoms with van der Waals surface area (Å²) in [5.74, 6) is 1.34. The third-order valence-electron chi connectivity index (χ3n) is 7.63. The fraction of sp³-hybridized carbons (Fsp3) is 0.375. The normalized spacial score (nSPS) is 21.1. The molecule has 0 aromatic heterocycles. The molecular formula is C32H36O8S. The number of hydrogen-bond acceptors (Lipinski definition) is 8. The predicted molar refractivity (Wildman–Crippen MR) is 154 cm³/mol. The lowest BCUT2D eigenvalue weighted by molar-refractivity contribution is -0.122. The molecule has 2 heterocycles. The Balaban J connectivity index is 1.51. The molecule has 2 aliphatic rings. The first-order valence-electron chi connectivity index (χ1n) is 13.5. The Kier molecular flexibility index (Phi) is 7.34. The fourth-order valence-corrected chi connectivity index (χ4v) is 7.12. The molecule has 0 aliphatic carbocycles. The van der Waals surface area contributed by atoms with Crippen molar-refractivity contribution in [3.63, 3.8) is 0 Å². The van der Waals surface area contributed by atoms with Crippen LogP contribution in [0.25, 0.3) is 0 Å². The van der Waals surface area contributed by atoms with Gasteiger partial charge in [0.2, 0.25) is 0 Å². The second-order valence-electron chi connectivity index (χ2n) is 11.5. The molecule has 2 unspecified atom stereocenters. The maximum Gasteiger partial charge on any atom is 0.339 e. The molecule has 41 heavy (non-hydrogen) atoms. The minimum absolute atomic E-state index is 0.00348. The van der Waals surface area contributed by atoms with Crippen LogP contribution in [0.4, 0.5) is 0 Å². The van der Waals surface area contributed by atoms with Crippen molar-refractivity contribution in [3.05, 3.63) is 88.5 Å². The van der Waals surface area contributed by atoms with Gasteiger partial charge in [-0.05, 0) is 82.9 Å². The third-order valence-corrected chi connectivity index (χ3v) is 9.19. The van der Waals surface area contributed by atoms with E-state index in [9.17, 15) is 18.6 Å². The van der Waals surface area contributed by atoms with E-state index in [0.717, 1.165) is 17.5 Å². The second kappa shape index (κ2) is 10.4. The van der Waals surface area contributed by atoms with Crippen LogP contribution in [0.2, 0.25) is 0 Å². The molecule has 0 saturated heterocycles. The number of aliphatic hydroxyl groups is 2. The molecule has 2 atom stereocenters. The lowest BCUT2D eigenvalue weighted by atomic mass is 9.81. The zero-order valence-corrected chi connectivity index (χ0v) is 24.8. The number of aliphatic hydroxyl groups excluding tert-OH is 1. The Labute approximate surface area is 241 Å². The standard InChI is InChI=1S/C32H36O8S/c1-7-14-37-27-17-22(40-41(35,36)29-20(3)15-19(2)16-21(29)4)8-10-25(27)32(34)18-38-28-23-12-13-31(5,6)39-26(23)11-9-24(28)30(32)33/h7-11,15-17,30,33-34H,1,12-14,18H2,2-6H3. The molecule has 2 N–H and O–H groups in total. The fourth-order valence-electron chi connectivity index (χ4n) is 5.77. The van der Waals surface area contributed by atoms with Crippen LogP contribution in [0.3, 0.4) is 0 Å². The van der Waals surface area contributed by atoms with Gasteiger partial charge in [-0.2, -0.15) is 8.42 Å². The van der Waals surface area contributed by atoms with E-state index in [1.165, 1.54) is 24.3 Å². The summed E-state index contributed by atoms with van der Waals surface area (Å²) >= 11 is 0. The summed E-state index contributed by atoms with van der Waals surface area (Å²) in [5.41, 5.74) is 1.42. The molecule has 9 heteroatoms. The van der Waals surface area contributed by atoms with Crippen molar-refractivity contribution < 1.29 is 37.0 Å². The van der Waals surface area contributed by atoms with Crippen LogP contribution in [0.1, 0.15) is 59.8 Å². The van der Waals surface area contributed by atoms with Gasteiger partial charge in [-0.25, -0.2) is 0 Å². The van der Waals surface area contributed by atoms with Gasteiger partial charge in [0.05, 0.1) is 0 Å². The SMILES string of the molecule is C=CCOc1cc(OS(=O)(=O)c2c(C)cc(C)cc2C)ccc1C1(O)COc2c(ccc3c2CCC(C)(C)O3)C1O. The van der Waals surface area contributed by atoms with Gasteiger partial charge in [-0.1, -0.05) is 30.4 Å². The lowest BCUT2D eigenvalue weighted by Crippen LogP contribution is -2.44. The van der Waals surface area contributed by atoms with Crippen LogP contribution < -0.4 is 18.4 Å². The second-order valence-corrected chi connectivity index (χ2v) is 12.9. The van der Waals surface area contributed by atoms with Gasteiger partial charge in [-0.15, -0.1) is 0 Å². The number of ether oxygens (including phenoxy) is 3. The van der Waals surface area contributed by atoms with Crippen LogP contribution in [0.15, 0.2) is 60.0 Å². The molecule has 2 aliphatic heterocycles. The molecule has 3 aromatic carbocycles. The lowest BCUT2D eigenvalue weighted by Gasteiger charge is -2.41. The maximum atomic E-state index is 13.3. The highest BCUT2D eigenvalue weighted by molar-refractivity contribution is 7.87. The van der Waals surface area contributed by atoms with E-state index in [-0.39, 0.29) is 40.8 Å². The van der Waals surface area contributed by atoms with E-state index < -0.39 is 21.8 Å². The first-order chi connectivity index (χ1) is 19.3. The molecule has 8 nitrogen and oxygen atoms in total. The molecule has 0 spiro atoms. The van der Waals surface area contributed by atoms with Gasteiger partial charge < -0.3 is 28.6 Å². The summed E-state index contributed by atoms with van der Waals surface area (Å²) in [7, 11) is -4.17. The molecule has 5 rings (SSSR count). The van der Waals surface area contributed by atoms with E-state index in [4.69, 9.17) is 18.4 Å². The van der Waals surface area contributed by atoms with Crippen LogP contribution in [-0.2, 0) is 22.1 Å². The molecule has 0 fully saturated rings. The van der Waals surface area contributed by atoms with Gasteiger partial charge >= 0.3 is 10.1 Å². The summed E-state index contributed by atoms with van der Waals surface area (Å²) < 4.78 is 50.1. The Morgan fingerprint density at radius 3 is 2.49 bits per heavy atom.